The monoisotopic (exact) mass is 281 g/mol. The van der Waals surface area contributed by atoms with Crippen LogP contribution in [0.4, 0.5) is 0 Å². The van der Waals surface area contributed by atoms with E-state index in [2.05, 4.69) is 5.32 Å². The van der Waals surface area contributed by atoms with Crippen LogP contribution in [0.15, 0.2) is 12.1 Å². The van der Waals surface area contributed by atoms with Gasteiger partial charge in [-0.2, -0.15) is 0 Å². The molecule has 0 spiro atoms. The van der Waals surface area contributed by atoms with Gasteiger partial charge >= 0.3 is 0 Å². The van der Waals surface area contributed by atoms with Gasteiger partial charge in [-0.1, -0.05) is 12.1 Å². The van der Waals surface area contributed by atoms with Crippen molar-refractivity contribution < 1.29 is 19.4 Å². The summed E-state index contributed by atoms with van der Waals surface area (Å²) in [4.78, 5) is 11.6. The van der Waals surface area contributed by atoms with Crippen molar-refractivity contribution in [3.8, 4) is 5.75 Å². The van der Waals surface area contributed by atoms with Gasteiger partial charge in [-0.15, -0.1) is 0 Å². The third-order valence-electron chi connectivity index (χ3n) is 2.90. The molecule has 5 nitrogen and oxygen atoms in total. The van der Waals surface area contributed by atoms with E-state index in [4.69, 9.17) is 14.6 Å². The van der Waals surface area contributed by atoms with Gasteiger partial charge < -0.3 is 19.9 Å². The summed E-state index contributed by atoms with van der Waals surface area (Å²) in [6.45, 7) is 5.00. The average Bonchev–Trinajstić information content (AvgIpc) is 2.42. The lowest BCUT2D eigenvalue weighted by molar-refractivity contribution is -0.123. The molecule has 0 radical (unpaired) electrons. The Balaban J connectivity index is 2.47. The summed E-state index contributed by atoms with van der Waals surface area (Å²) in [6, 6.07) is 3.72. The fourth-order valence-corrected chi connectivity index (χ4v) is 1.99. The van der Waals surface area contributed by atoms with Crippen LogP contribution in [-0.2, 0) is 16.1 Å². The SMILES string of the molecule is COCCCNC(=O)COc1c(C)cc(CO)cc1C. The van der Waals surface area contributed by atoms with E-state index < -0.39 is 0 Å². The molecule has 5 heteroatoms. The molecule has 0 aliphatic heterocycles. The summed E-state index contributed by atoms with van der Waals surface area (Å²) in [5.41, 5.74) is 2.68. The highest BCUT2D eigenvalue weighted by Gasteiger charge is 2.08. The molecule has 1 rings (SSSR count). The van der Waals surface area contributed by atoms with E-state index in [1.165, 1.54) is 0 Å². The number of benzene rings is 1. The smallest absolute Gasteiger partial charge is 0.257 e. The molecule has 0 heterocycles. The number of carbonyl (C=O) groups excluding carboxylic acids is 1. The summed E-state index contributed by atoms with van der Waals surface area (Å²) < 4.78 is 10.5. The average molecular weight is 281 g/mol. The predicted octanol–water partition coefficient (Wildman–Crippen LogP) is 1.33. The van der Waals surface area contributed by atoms with Gasteiger partial charge in [-0.3, -0.25) is 4.79 Å². The van der Waals surface area contributed by atoms with Crippen LogP contribution < -0.4 is 10.1 Å². The van der Waals surface area contributed by atoms with Crippen LogP contribution in [0.3, 0.4) is 0 Å². The van der Waals surface area contributed by atoms with Crippen molar-refractivity contribution in [3.63, 3.8) is 0 Å². The highest BCUT2D eigenvalue weighted by molar-refractivity contribution is 5.77. The van der Waals surface area contributed by atoms with Crippen LogP contribution in [0, 0.1) is 13.8 Å². The van der Waals surface area contributed by atoms with E-state index >= 15 is 0 Å². The molecule has 2 N–H and O–H groups in total. The lowest BCUT2D eigenvalue weighted by Crippen LogP contribution is -2.30. The van der Waals surface area contributed by atoms with Crippen molar-refractivity contribution in [1.29, 1.82) is 0 Å². The van der Waals surface area contributed by atoms with Crippen molar-refractivity contribution in [1.82, 2.24) is 5.32 Å². The maximum Gasteiger partial charge on any atom is 0.257 e. The normalized spacial score (nSPS) is 10.4. The standard InChI is InChI=1S/C15H23NO4/c1-11-7-13(9-17)8-12(2)15(11)20-10-14(18)16-5-4-6-19-3/h7-8,17H,4-6,9-10H2,1-3H3,(H,16,18). The molecule has 0 aliphatic rings. The van der Waals surface area contributed by atoms with Gasteiger partial charge in [0, 0.05) is 20.3 Å². The number of nitrogens with one attached hydrogen (secondary N) is 1. The molecule has 0 aromatic heterocycles. The van der Waals surface area contributed by atoms with Crippen LogP contribution in [0.25, 0.3) is 0 Å². The minimum atomic E-state index is -0.147. The van der Waals surface area contributed by atoms with Gasteiger partial charge in [0.1, 0.15) is 5.75 Å². The van der Waals surface area contributed by atoms with Crippen molar-refractivity contribution in [2.75, 3.05) is 26.9 Å². The molecule has 0 fully saturated rings. The first-order chi connectivity index (χ1) is 9.58. The second kappa shape index (κ2) is 8.55. The molecular weight excluding hydrogens is 258 g/mol. The summed E-state index contributed by atoms with van der Waals surface area (Å²) in [6.07, 6.45) is 0.783. The van der Waals surface area contributed by atoms with Crippen LogP contribution in [0.2, 0.25) is 0 Å². The minimum absolute atomic E-state index is 0.00193. The van der Waals surface area contributed by atoms with Gasteiger partial charge in [0.2, 0.25) is 0 Å². The number of hydrogen-bond acceptors (Lipinski definition) is 4. The summed E-state index contributed by atoms with van der Waals surface area (Å²) in [7, 11) is 1.63. The van der Waals surface area contributed by atoms with E-state index in [1.54, 1.807) is 7.11 Å². The van der Waals surface area contributed by atoms with E-state index in [0.717, 1.165) is 23.1 Å². The van der Waals surface area contributed by atoms with Gasteiger partial charge in [0.25, 0.3) is 5.91 Å². The van der Waals surface area contributed by atoms with E-state index in [0.29, 0.717) is 18.9 Å². The number of amides is 1. The third kappa shape index (κ3) is 5.19. The first kappa shape index (κ1) is 16.5. The molecule has 0 unspecified atom stereocenters. The van der Waals surface area contributed by atoms with Crippen molar-refractivity contribution in [2.45, 2.75) is 26.9 Å². The number of aliphatic hydroxyl groups excluding tert-OH is 1. The Morgan fingerprint density at radius 1 is 1.30 bits per heavy atom. The third-order valence-corrected chi connectivity index (χ3v) is 2.90. The summed E-state index contributed by atoms with van der Waals surface area (Å²) in [5.74, 6) is 0.556. The molecule has 20 heavy (non-hydrogen) atoms. The van der Waals surface area contributed by atoms with E-state index in [1.807, 2.05) is 26.0 Å². The van der Waals surface area contributed by atoms with Gasteiger partial charge in [-0.25, -0.2) is 0 Å². The number of aliphatic hydroxyl groups is 1. The molecule has 0 bridgehead atoms. The Kier molecular flexibility index (Phi) is 7.04. The number of aryl methyl sites for hydroxylation is 2. The first-order valence-corrected chi connectivity index (χ1v) is 6.68. The van der Waals surface area contributed by atoms with Crippen LogP contribution >= 0.6 is 0 Å². The minimum Gasteiger partial charge on any atom is -0.483 e. The first-order valence-electron chi connectivity index (χ1n) is 6.68. The molecule has 0 saturated carbocycles. The van der Waals surface area contributed by atoms with Gasteiger partial charge in [0.15, 0.2) is 6.61 Å². The zero-order valence-electron chi connectivity index (χ0n) is 12.4. The Morgan fingerprint density at radius 3 is 2.50 bits per heavy atom. The Hall–Kier alpha value is -1.59. The van der Waals surface area contributed by atoms with Gasteiger partial charge in [0.05, 0.1) is 6.61 Å². The molecular formula is C15H23NO4. The highest BCUT2D eigenvalue weighted by atomic mass is 16.5. The largest absolute Gasteiger partial charge is 0.483 e. The maximum atomic E-state index is 11.6. The summed E-state index contributed by atoms with van der Waals surface area (Å²) in [5, 5.41) is 11.9. The van der Waals surface area contributed by atoms with Crippen LogP contribution in [0.1, 0.15) is 23.1 Å². The molecule has 0 aliphatic carbocycles. The number of ether oxygens (including phenoxy) is 2. The topological polar surface area (TPSA) is 67.8 Å². The van der Waals surface area contributed by atoms with Crippen LogP contribution in [0.5, 0.6) is 5.75 Å². The molecule has 1 amide bonds. The zero-order chi connectivity index (χ0) is 15.0. The zero-order valence-corrected chi connectivity index (χ0v) is 12.4. The molecule has 0 atom stereocenters. The number of carbonyl (C=O) groups is 1. The lowest BCUT2D eigenvalue weighted by atomic mass is 10.1. The Labute approximate surface area is 119 Å². The fraction of sp³-hybridized carbons (Fsp3) is 0.533. The highest BCUT2D eigenvalue weighted by Crippen LogP contribution is 2.24. The predicted molar refractivity (Wildman–Crippen MR) is 76.8 cm³/mol. The molecule has 0 saturated heterocycles. The number of methoxy groups -OCH3 is 1. The number of hydrogen-bond donors (Lipinski definition) is 2. The molecule has 112 valence electrons. The van der Waals surface area contributed by atoms with Crippen molar-refractivity contribution in [2.24, 2.45) is 0 Å². The molecule has 1 aromatic carbocycles. The second-order valence-electron chi connectivity index (χ2n) is 4.70. The number of rotatable bonds is 8. The summed E-state index contributed by atoms with van der Waals surface area (Å²) >= 11 is 0. The van der Waals surface area contributed by atoms with E-state index in [-0.39, 0.29) is 19.1 Å². The lowest BCUT2D eigenvalue weighted by Gasteiger charge is -2.13. The Morgan fingerprint density at radius 2 is 1.95 bits per heavy atom. The van der Waals surface area contributed by atoms with E-state index in [9.17, 15) is 4.79 Å². The molecule has 1 aromatic rings. The maximum absolute atomic E-state index is 11.6. The second-order valence-corrected chi connectivity index (χ2v) is 4.70. The van der Waals surface area contributed by atoms with Crippen molar-refractivity contribution in [3.05, 3.63) is 28.8 Å². The van der Waals surface area contributed by atoms with Crippen LogP contribution in [-0.4, -0.2) is 37.9 Å². The van der Waals surface area contributed by atoms with Gasteiger partial charge in [-0.05, 0) is 37.0 Å². The quantitative estimate of drug-likeness (QED) is 0.705. The fourth-order valence-electron chi connectivity index (χ4n) is 1.99. The Bertz CT molecular complexity index is 422. The van der Waals surface area contributed by atoms with Crippen molar-refractivity contribution >= 4 is 5.91 Å².